The number of aliphatic hydroxyl groups excluding tert-OH is 1. The molecule has 0 amide bonds. The fourth-order valence-electron chi connectivity index (χ4n) is 2.77. The molecule has 0 bridgehead atoms. The SMILES string of the molecule is CC(C)=CC[N+]1(C)Cc2ccccc2C[C@H]1CO. The van der Waals surface area contributed by atoms with Gasteiger partial charge in [0, 0.05) is 12.0 Å². The van der Waals surface area contributed by atoms with Crippen LogP contribution in [0.4, 0.5) is 0 Å². The van der Waals surface area contributed by atoms with E-state index in [0.29, 0.717) is 6.04 Å². The van der Waals surface area contributed by atoms with Crippen molar-refractivity contribution in [1.29, 1.82) is 0 Å². The Bertz CT molecular complexity index is 448. The molecule has 1 aromatic rings. The van der Waals surface area contributed by atoms with Gasteiger partial charge in [-0.05, 0) is 25.5 Å². The molecule has 0 saturated carbocycles. The summed E-state index contributed by atoms with van der Waals surface area (Å²) in [6, 6.07) is 8.95. The molecule has 1 aliphatic rings. The molecule has 18 heavy (non-hydrogen) atoms. The number of nitrogens with zero attached hydrogens (tertiary/aromatic N) is 1. The van der Waals surface area contributed by atoms with Crippen LogP contribution in [0.2, 0.25) is 0 Å². The third-order valence-corrected chi connectivity index (χ3v) is 4.11. The zero-order chi connectivity index (χ0) is 13.2. The molecule has 0 fully saturated rings. The number of likely N-dealkylation sites (N-methyl/N-ethyl adjacent to an activating group) is 1. The number of hydrogen-bond donors (Lipinski definition) is 1. The van der Waals surface area contributed by atoms with Crippen molar-refractivity contribution in [3.8, 4) is 0 Å². The molecular formula is C16H24NO+. The van der Waals surface area contributed by atoms with Crippen molar-refractivity contribution in [2.45, 2.75) is 32.9 Å². The topological polar surface area (TPSA) is 20.2 Å². The summed E-state index contributed by atoms with van der Waals surface area (Å²) >= 11 is 0. The summed E-state index contributed by atoms with van der Waals surface area (Å²) in [5.74, 6) is 0. The predicted molar refractivity (Wildman–Crippen MR) is 75.2 cm³/mol. The van der Waals surface area contributed by atoms with E-state index in [0.717, 1.165) is 24.0 Å². The molecule has 0 radical (unpaired) electrons. The van der Waals surface area contributed by atoms with Crippen LogP contribution < -0.4 is 0 Å². The lowest BCUT2D eigenvalue weighted by atomic mass is 9.92. The minimum atomic E-state index is 0.265. The molecule has 0 aromatic heterocycles. The number of rotatable bonds is 3. The monoisotopic (exact) mass is 246 g/mol. The van der Waals surface area contributed by atoms with Crippen molar-refractivity contribution >= 4 is 0 Å². The molecular weight excluding hydrogens is 222 g/mol. The number of hydrogen-bond acceptors (Lipinski definition) is 1. The van der Waals surface area contributed by atoms with E-state index in [1.54, 1.807) is 0 Å². The van der Waals surface area contributed by atoms with E-state index in [1.807, 2.05) is 0 Å². The summed E-state index contributed by atoms with van der Waals surface area (Å²) in [7, 11) is 2.26. The Morgan fingerprint density at radius 1 is 1.33 bits per heavy atom. The fourth-order valence-corrected chi connectivity index (χ4v) is 2.77. The largest absolute Gasteiger partial charge is 0.390 e. The fraction of sp³-hybridized carbons (Fsp3) is 0.500. The Balaban J connectivity index is 2.28. The van der Waals surface area contributed by atoms with Crippen molar-refractivity contribution in [1.82, 2.24) is 0 Å². The maximum atomic E-state index is 9.68. The molecule has 1 N–H and O–H groups in total. The minimum absolute atomic E-state index is 0.265. The van der Waals surface area contributed by atoms with Gasteiger partial charge in [-0.2, -0.15) is 0 Å². The maximum Gasteiger partial charge on any atom is 0.117 e. The molecule has 0 aliphatic carbocycles. The molecule has 2 atom stereocenters. The summed E-state index contributed by atoms with van der Waals surface area (Å²) in [6.45, 7) is 6.56. The first-order chi connectivity index (χ1) is 8.55. The Morgan fingerprint density at radius 2 is 2.00 bits per heavy atom. The van der Waals surface area contributed by atoms with Gasteiger partial charge in [0.2, 0.25) is 0 Å². The lowest BCUT2D eigenvalue weighted by molar-refractivity contribution is -0.943. The van der Waals surface area contributed by atoms with Crippen LogP contribution >= 0.6 is 0 Å². The second-order valence-electron chi connectivity index (χ2n) is 5.91. The number of aliphatic hydroxyl groups is 1. The standard InChI is InChI=1S/C16H24NO/c1-13(2)8-9-17(3)11-15-7-5-4-6-14(15)10-16(17)12-18/h4-8,16,18H,9-12H2,1-3H3/q+1/t16-,17?/m0/s1. The van der Waals surface area contributed by atoms with Gasteiger partial charge >= 0.3 is 0 Å². The van der Waals surface area contributed by atoms with E-state index in [9.17, 15) is 5.11 Å². The van der Waals surface area contributed by atoms with Crippen LogP contribution in [0, 0.1) is 0 Å². The van der Waals surface area contributed by atoms with Crippen LogP contribution in [-0.2, 0) is 13.0 Å². The van der Waals surface area contributed by atoms with E-state index in [4.69, 9.17) is 0 Å². The van der Waals surface area contributed by atoms with Crippen LogP contribution in [0.5, 0.6) is 0 Å². The van der Waals surface area contributed by atoms with Crippen LogP contribution in [-0.4, -0.2) is 35.8 Å². The third-order valence-electron chi connectivity index (χ3n) is 4.11. The zero-order valence-corrected chi connectivity index (χ0v) is 11.7. The molecule has 0 saturated heterocycles. The quantitative estimate of drug-likeness (QED) is 0.642. The van der Waals surface area contributed by atoms with Crippen LogP contribution in [0.3, 0.4) is 0 Å². The summed E-state index contributed by atoms with van der Waals surface area (Å²) < 4.78 is 0.915. The molecule has 2 rings (SSSR count). The second-order valence-corrected chi connectivity index (χ2v) is 5.91. The van der Waals surface area contributed by atoms with E-state index in [-0.39, 0.29) is 6.61 Å². The van der Waals surface area contributed by atoms with Crippen molar-refractivity contribution in [2.75, 3.05) is 20.2 Å². The van der Waals surface area contributed by atoms with Gasteiger partial charge < -0.3 is 9.59 Å². The average molecular weight is 246 g/mol. The van der Waals surface area contributed by atoms with Gasteiger partial charge in [0.1, 0.15) is 12.6 Å². The highest BCUT2D eigenvalue weighted by Gasteiger charge is 2.36. The van der Waals surface area contributed by atoms with Crippen molar-refractivity contribution in [2.24, 2.45) is 0 Å². The molecule has 0 spiro atoms. The molecule has 1 unspecified atom stereocenters. The van der Waals surface area contributed by atoms with Gasteiger partial charge in [0.25, 0.3) is 0 Å². The highest BCUT2D eigenvalue weighted by Crippen LogP contribution is 2.28. The lowest BCUT2D eigenvalue weighted by Gasteiger charge is -2.44. The number of benzene rings is 1. The Hall–Kier alpha value is -1.12. The molecule has 1 heterocycles. The Morgan fingerprint density at radius 3 is 2.61 bits per heavy atom. The van der Waals surface area contributed by atoms with Gasteiger partial charge in [-0.15, -0.1) is 0 Å². The van der Waals surface area contributed by atoms with E-state index < -0.39 is 0 Å². The van der Waals surface area contributed by atoms with Crippen molar-refractivity contribution in [3.63, 3.8) is 0 Å². The van der Waals surface area contributed by atoms with Crippen LogP contribution in [0.1, 0.15) is 25.0 Å². The van der Waals surface area contributed by atoms with E-state index in [1.165, 1.54) is 16.7 Å². The number of fused-ring (bicyclic) bond motifs is 1. The summed E-state index contributed by atoms with van der Waals surface area (Å²) in [5.41, 5.74) is 4.20. The Labute approximate surface area is 110 Å². The van der Waals surface area contributed by atoms with E-state index in [2.05, 4.69) is 51.2 Å². The van der Waals surface area contributed by atoms with Crippen LogP contribution in [0.15, 0.2) is 35.9 Å². The maximum absolute atomic E-state index is 9.68. The van der Waals surface area contributed by atoms with Crippen molar-refractivity contribution in [3.05, 3.63) is 47.0 Å². The highest BCUT2D eigenvalue weighted by molar-refractivity contribution is 5.28. The first kappa shape index (κ1) is 13.3. The number of quaternary nitrogens is 1. The lowest BCUT2D eigenvalue weighted by Crippen LogP contribution is -2.56. The minimum Gasteiger partial charge on any atom is -0.390 e. The molecule has 1 aromatic carbocycles. The summed E-state index contributed by atoms with van der Waals surface area (Å²) in [5, 5.41) is 9.68. The van der Waals surface area contributed by atoms with Crippen molar-refractivity contribution < 1.29 is 9.59 Å². The van der Waals surface area contributed by atoms with Gasteiger partial charge in [-0.3, -0.25) is 0 Å². The summed E-state index contributed by atoms with van der Waals surface area (Å²) in [6.07, 6.45) is 3.27. The normalized spacial score (nSPS) is 26.6. The van der Waals surface area contributed by atoms with Gasteiger partial charge in [0.05, 0.1) is 20.2 Å². The number of allylic oxidation sites excluding steroid dienone is 1. The molecule has 1 aliphatic heterocycles. The Kier molecular flexibility index (Phi) is 3.88. The van der Waals surface area contributed by atoms with Gasteiger partial charge in [-0.25, -0.2) is 0 Å². The highest BCUT2D eigenvalue weighted by atomic mass is 16.3. The molecule has 2 nitrogen and oxygen atoms in total. The first-order valence-electron chi connectivity index (χ1n) is 6.70. The van der Waals surface area contributed by atoms with E-state index >= 15 is 0 Å². The summed E-state index contributed by atoms with van der Waals surface area (Å²) in [4.78, 5) is 0. The van der Waals surface area contributed by atoms with Gasteiger partial charge in [-0.1, -0.05) is 29.8 Å². The average Bonchev–Trinajstić information content (AvgIpc) is 2.35. The van der Waals surface area contributed by atoms with Crippen LogP contribution in [0.25, 0.3) is 0 Å². The molecule has 2 heteroatoms. The first-order valence-corrected chi connectivity index (χ1v) is 6.70. The third kappa shape index (κ3) is 2.65. The smallest absolute Gasteiger partial charge is 0.117 e. The van der Waals surface area contributed by atoms with Gasteiger partial charge in [0.15, 0.2) is 0 Å². The predicted octanol–water partition coefficient (Wildman–Crippen LogP) is 2.52. The second kappa shape index (κ2) is 5.25. The molecule has 98 valence electrons. The zero-order valence-electron chi connectivity index (χ0n) is 11.7.